The van der Waals surface area contributed by atoms with Crippen molar-refractivity contribution in [2.24, 2.45) is 0 Å². The number of H-pyrrole nitrogens is 2. The second-order valence-corrected chi connectivity index (χ2v) is 11.1. The molecule has 46 heavy (non-hydrogen) atoms. The molecule has 0 fully saturated rings. The molecule has 1 aliphatic rings. The number of carbonyl (C=O) groups excluding carboxylic acids is 2. The standard InChI is InChI=1S/C32H36F2N4O8/c1-3-4-5-8-20-15-24(45-12-10-26(39)37-29(41)22(33)17-35-31(37)43)28(21-9-6-7-19(2)14-21)25(16-20)46-13-11-27(40)38-30(42)23(34)18-36-32(38)44/h14-18,21H,3-13H2,1-2H3,(H,35,43)(H,36,44). The molecule has 2 heterocycles. The molecule has 3 aromatic rings. The van der Waals surface area contributed by atoms with E-state index < -0.39 is 58.8 Å². The number of allylic oxidation sites excluding steroid dienone is 2. The fraction of sp³-hybridized carbons (Fsp3) is 0.438. The average Bonchev–Trinajstić information content (AvgIpc) is 3.01. The van der Waals surface area contributed by atoms with Crippen LogP contribution in [-0.4, -0.2) is 44.1 Å². The molecule has 1 aromatic carbocycles. The van der Waals surface area contributed by atoms with E-state index in [4.69, 9.17) is 9.47 Å². The number of benzene rings is 1. The topological polar surface area (TPSA) is 162 Å². The number of aromatic amines is 2. The summed E-state index contributed by atoms with van der Waals surface area (Å²) in [6.07, 6.45) is 8.48. The molecule has 0 radical (unpaired) electrons. The molecule has 1 aliphatic carbocycles. The molecule has 0 bridgehead atoms. The van der Waals surface area contributed by atoms with Gasteiger partial charge >= 0.3 is 11.4 Å². The van der Waals surface area contributed by atoms with Crippen molar-refractivity contribution in [1.29, 1.82) is 0 Å². The molecule has 0 saturated heterocycles. The Morgan fingerprint density at radius 3 is 1.87 bits per heavy atom. The van der Waals surface area contributed by atoms with Gasteiger partial charge in [0.05, 0.1) is 26.1 Å². The molecule has 0 aliphatic heterocycles. The van der Waals surface area contributed by atoms with Gasteiger partial charge in [0.25, 0.3) is 11.1 Å². The Morgan fingerprint density at radius 2 is 1.39 bits per heavy atom. The van der Waals surface area contributed by atoms with Gasteiger partial charge in [0, 0.05) is 23.9 Å². The van der Waals surface area contributed by atoms with Crippen LogP contribution in [0.25, 0.3) is 0 Å². The smallest absolute Gasteiger partial charge is 0.335 e. The number of hydrogen-bond acceptors (Lipinski definition) is 8. The SMILES string of the molecule is CCCCCc1cc(OCCC(=O)n2c(=O)[nH]cc(F)c2=O)c(C2C=C(C)CCC2)c(OCCC(=O)n2c(=O)[nH]cc(F)c2=O)c1. The monoisotopic (exact) mass is 642 g/mol. The second kappa shape index (κ2) is 15.4. The van der Waals surface area contributed by atoms with E-state index in [1.165, 1.54) is 0 Å². The molecule has 12 nitrogen and oxygen atoms in total. The Kier molecular flexibility index (Phi) is 11.4. The number of nitrogens with one attached hydrogen (secondary N) is 2. The molecule has 14 heteroatoms. The van der Waals surface area contributed by atoms with Gasteiger partial charge in [-0.2, -0.15) is 17.9 Å². The quantitative estimate of drug-likeness (QED) is 0.210. The van der Waals surface area contributed by atoms with Crippen molar-refractivity contribution in [2.45, 2.75) is 77.6 Å². The highest BCUT2D eigenvalue weighted by molar-refractivity contribution is 5.79. The van der Waals surface area contributed by atoms with E-state index in [1.807, 2.05) is 29.0 Å². The maximum absolute atomic E-state index is 13.7. The third-order valence-electron chi connectivity index (χ3n) is 7.69. The molecular weight excluding hydrogens is 606 g/mol. The van der Waals surface area contributed by atoms with Crippen molar-refractivity contribution < 1.29 is 27.8 Å². The maximum Gasteiger partial charge on any atom is 0.335 e. The summed E-state index contributed by atoms with van der Waals surface area (Å²) >= 11 is 0. The number of rotatable bonds is 13. The summed E-state index contributed by atoms with van der Waals surface area (Å²) in [5, 5.41) is 0. The van der Waals surface area contributed by atoms with Crippen LogP contribution in [0.5, 0.6) is 11.5 Å². The predicted octanol–water partition coefficient (Wildman–Crippen LogP) is 3.83. The van der Waals surface area contributed by atoms with E-state index in [1.54, 1.807) is 0 Å². The van der Waals surface area contributed by atoms with Crippen LogP contribution in [0, 0.1) is 11.6 Å². The van der Waals surface area contributed by atoms with Gasteiger partial charge in [0.2, 0.25) is 23.4 Å². The summed E-state index contributed by atoms with van der Waals surface area (Å²) in [7, 11) is 0. The van der Waals surface area contributed by atoms with Crippen molar-refractivity contribution in [2.75, 3.05) is 13.2 Å². The average molecular weight is 643 g/mol. The van der Waals surface area contributed by atoms with Crippen molar-refractivity contribution in [3.05, 3.63) is 101 Å². The molecule has 246 valence electrons. The van der Waals surface area contributed by atoms with Gasteiger partial charge in [-0.1, -0.05) is 31.4 Å². The lowest BCUT2D eigenvalue weighted by Crippen LogP contribution is -2.41. The summed E-state index contributed by atoms with van der Waals surface area (Å²) in [6, 6.07) is 3.69. The molecule has 1 atom stereocenters. The third kappa shape index (κ3) is 8.03. The fourth-order valence-corrected chi connectivity index (χ4v) is 5.40. The van der Waals surface area contributed by atoms with E-state index in [9.17, 15) is 37.5 Å². The minimum atomic E-state index is -1.36. The van der Waals surface area contributed by atoms with Crippen LogP contribution >= 0.6 is 0 Å². The Balaban J connectivity index is 1.64. The van der Waals surface area contributed by atoms with E-state index in [0.717, 1.165) is 49.7 Å². The van der Waals surface area contributed by atoms with Crippen LogP contribution in [0.15, 0.2) is 55.4 Å². The first-order valence-electron chi connectivity index (χ1n) is 15.2. The zero-order valence-electron chi connectivity index (χ0n) is 25.7. The summed E-state index contributed by atoms with van der Waals surface area (Å²) < 4.78 is 40.1. The van der Waals surface area contributed by atoms with Gasteiger partial charge in [-0.25, -0.2) is 9.59 Å². The second-order valence-electron chi connectivity index (χ2n) is 11.1. The minimum Gasteiger partial charge on any atom is -0.493 e. The first-order valence-corrected chi connectivity index (χ1v) is 15.2. The molecule has 2 aromatic heterocycles. The van der Waals surface area contributed by atoms with Crippen LogP contribution < -0.4 is 32.0 Å². The lowest BCUT2D eigenvalue weighted by molar-refractivity contribution is 0.0861. The van der Waals surface area contributed by atoms with Crippen LogP contribution in [0.4, 0.5) is 8.78 Å². The van der Waals surface area contributed by atoms with Crippen molar-refractivity contribution in [3.63, 3.8) is 0 Å². The summed E-state index contributed by atoms with van der Waals surface area (Å²) in [6.45, 7) is 3.59. The highest BCUT2D eigenvalue weighted by atomic mass is 19.1. The Labute approximate surface area is 261 Å². The zero-order chi connectivity index (χ0) is 33.4. The lowest BCUT2D eigenvalue weighted by Gasteiger charge is -2.26. The lowest BCUT2D eigenvalue weighted by atomic mass is 9.84. The summed E-state index contributed by atoms with van der Waals surface area (Å²) in [4.78, 5) is 77.7. The van der Waals surface area contributed by atoms with Gasteiger partial charge in [-0.05, 0) is 56.7 Å². The summed E-state index contributed by atoms with van der Waals surface area (Å²) in [5.74, 6) is -3.80. The molecule has 0 amide bonds. The van der Waals surface area contributed by atoms with Crippen molar-refractivity contribution >= 4 is 11.8 Å². The zero-order valence-corrected chi connectivity index (χ0v) is 25.7. The predicted molar refractivity (Wildman–Crippen MR) is 164 cm³/mol. The minimum absolute atomic E-state index is 0.155. The number of aromatic nitrogens is 4. The van der Waals surface area contributed by atoms with Gasteiger partial charge in [0.15, 0.2) is 0 Å². The van der Waals surface area contributed by atoms with Crippen LogP contribution in [0.2, 0.25) is 0 Å². The van der Waals surface area contributed by atoms with Gasteiger partial charge < -0.3 is 19.4 Å². The fourth-order valence-electron chi connectivity index (χ4n) is 5.40. The normalized spacial score (nSPS) is 14.5. The third-order valence-corrected chi connectivity index (χ3v) is 7.69. The molecule has 0 saturated carbocycles. The largest absolute Gasteiger partial charge is 0.493 e. The Bertz CT molecular complexity index is 1760. The number of nitrogens with zero attached hydrogens (tertiary/aromatic N) is 2. The van der Waals surface area contributed by atoms with Gasteiger partial charge in [0.1, 0.15) is 11.5 Å². The highest BCUT2D eigenvalue weighted by Crippen LogP contribution is 2.43. The summed E-state index contributed by atoms with van der Waals surface area (Å²) in [5.41, 5.74) is -2.19. The van der Waals surface area contributed by atoms with E-state index in [2.05, 4.69) is 13.0 Å². The number of aryl methyl sites for hydroxylation is 1. The Morgan fingerprint density at radius 1 is 0.870 bits per heavy atom. The van der Waals surface area contributed by atoms with E-state index in [0.29, 0.717) is 35.9 Å². The molecule has 1 unspecified atom stereocenters. The highest BCUT2D eigenvalue weighted by Gasteiger charge is 2.25. The van der Waals surface area contributed by atoms with Crippen molar-refractivity contribution in [1.82, 2.24) is 19.1 Å². The first kappa shape index (κ1) is 34.0. The maximum atomic E-state index is 13.7. The van der Waals surface area contributed by atoms with Crippen LogP contribution in [0.3, 0.4) is 0 Å². The molecular formula is C32H36F2N4O8. The van der Waals surface area contributed by atoms with Crippen LogP contribution in [-0.2, 0) is 6.42 Å². The number of ether oxygens (including phenoxy) is 2. The number of halogens is 2. The number of unbranched alkanes of at least 4 members (excludes halogenated alkanes) is 2. The van der Waals surface area contributed by atoms with E-state index in [-0.39, 0.29) is 28.3 Å². The van der Waals surface area contributed by atoms with Gasteiger partial charge in [-0.15, -0.1) is 0 Å². The molecule has 2 N–H and O–H groups in total. The van der Waals surface area contributed by atoms with Crippen LogP contribution in [0.1, 0.15) is 91.8 Å². The van der Waals surface area contributed by atoms with Crippen molar-refractivity contribution in [3.8, 4) is 11.5 Å². The first-order chi connectivity index (χ1) is 22.0. The Hall–Kier alpha value is -4.88. The molecule has 4 rings (SSSR count). The number of hydrogen-bond donors (Lipinski definition) is 2. The molecule has 0 spiro atoms. The number of carbonyl (C=O) groups is 2. The van der Waals surface area contributed by atoms with E-state index >= 15 is 0 Å². The van der Waals surface area contributed by atoms with Gasteiger partial charge in [-0.3, -0.25) is 19.2 Å².